The lowest BCUT2D eigenvalue weighted by atomic mass is 10.4. The van der Waals surface area contributed by atoms with Gasteiger partial charge in [-0.1, -0.05) is 23.2 Å². The fraction of sp³-hybridized carbons (Fsp3) is 0.364. The van der Waals surface area contributed by atoms with Gasteiger partial charge in [-0.2, -0.15) is 0 Å². The summed E-state index contributed by atoms with van der Waals surface area (Å²) < 4.78 is 30.9. The molecule has 20 heavy (non-hydrogen) atoms. The van der Waals surface area contributed by atoms with Crippen molar-refractivity contribution in [1.82, 2.24) is 10.0 Å². The summed E-state index contributed by atoms with van der Waals surface area (Å²) in [5, 5.41) is 2.75. The Bertz CT molecular complexity index is 578. The van der Waals surface area contributed by atoms with Crippen molar-refractivity contribution in [2.24, 2.45) is 0 Å². The Morgan fingerprint density at radius 2 is 2.05 bits per heavy atom. The van der Waals surface area contributed by atoms with Gasteiger partial charge >= 0.3 is 0 Å². The molecule has 1 aromatic carbocycles. The van der Waals surface area contributed by atoms with Gasteiger partial charge in [0.2, 0.25) is 15.9 Å². The molecule has 0 saturated heterocycles. The molecule has 2 N–H and O–H groups in total. The highest BCUT2D eigenvalue weighted by molar-refractivity contribution is 7.89. The molecule has 9 heteroatoms. The molecular weight excluding hydrogens is 327 g/mol. The summed E-state index contributed by atoms with van der Waals surface area (Å²) >= 11 is 11.5. The number of carbonyl (C=O) groups excluding carboxylic acids is 1. The van der Waals surface area contributed by atoms with Crippen molar-refractivity contribution in [2.45, 2.75) is 4.90 Å². The Labute approximate surface area is 127 Å². The van der Waals surface area contributed by atoms with Crippen LogP contribution in [0, 0.1) is 0 Å². The highest BCUT2D eigenvalue weighted by Gasteiger charge is 2.19. The SMILES string of the molecule is COCCNC(=O)CNS(=O)(=O)c1cc(Cl)ccc1Cl. The molecule has 0 radical (unpaired) electrons. The van der Waals surface area contributed by atoms with E-state index in [2.05, 4.69) is 10.0 Å². The number of methoxy groups -OCH3 is 1. The zero-order chi connectivity index (χ0) is 15.2. The summed E-state index contributed by atoms with van der Waals surface area (Å²) in [5.74, 6) is -0.469. The molecule has 0 heterocycles. The number of carbonyl (C=O) groups is 1. The van der Waals surface area contributed by atoms with E-state index >= 15 is 0 Å². The smallest absolute Gasteiger partial charge is 0.242 e. The van der Waals surface area contributed by atoms with Crippen LogP contribution in [0.15, 0.2) is 23.1 Å². The second-order valence-corrected chi connectivity index (χ2v) is 6.32. The van der Waals surface area contributed by atoms with Crippen LogP contribution in [-0.4, -0.2) is 41.1 Å². The Kier molecular flexibility index (Phi) is 6.70. The van der Waals surface area contributed by atoms with Crippen LogP contribution in [-0.2, 0) is 19.6 Å². The fourth-order valence-electron chi connectivity index (χ4n) is 1.28. The van der Waals surface area contributed by atoms with Crippen molar-refractivity contribution in [1.29, 1.82) is 0 Å². The van der Waals surface area contributed by atoms with Gasteiger partial charge in [0.15, 0.2) is 0 Å². The van der Waals surface area contributed by atoms with Gasteiger partial charge in [0, 0.05) is 18.7 Å². The van der Waals surface area contributed by atoms with Crippen LogP contribution in [0.25, 0.3) is 0 Å². The van der Waals surface area contributed by atoms with E-state index in [-0.39, 0.29) is 14.9 Å². The largest absolute Gasteiger partial charge is 0.383 e. The third-order valence-corrected chi connectivity index (χ3v) is 4.35. The first-order valence-corrected chi connectivity index (χ1v) is 7.81. The molecule has 6 nitrogen and oxygen atoms in total. The topological polar surface area (TPSA) is 84.5 Å². The molecule has 112 valence electrons. The number of hydrogen-bond acceptors (Lipinski definition) is 4. The number of halogens is 2. The lowest BCUT2D eigenvalue weighted by Crippen LogP contribution is -2.38. The number of amides is 1. The number of nitrogens with one attached hydrogen (secondary N) is 2. The summed E-state index contributed by atoms with van der Waals surface area (Å²) in [6, 6.07) is 4.06. The van der Waals surface area contributed by atoms with Gasteiger partial charge in [-0.15, -0.1) is 0 Å². The lowest BCUT2D eigenvalue weighted by Gasteiger charge is -2.09. The minimum absolute atomic E-state index is 0.0293. The zero-order valence-corrected chi connectivity index (χ0v) is 13.0. The molecule has 1 aromatic rings. The van der Waals surface area contributed by atoms with Gasteiger partial charge in [-0.05, 0) is 18.2 Å². The monoisotopic (exact) mass is 340 g/mol. The molecule has 0 aromatic heterocycles. The molecule has 1 amide bonds. The number of ether oxygens (including phenoxy) is 1. The van der Waals surface area contributed by atoms with E-state index < -0.39 is 22.5 Å². The zero-order valence-electron chi connectivity index (χ0n) is 10.7. The minimum Gasteiger partial charge on any atom is -0.383 e. The molecular formula is C11H14Cl2N2O4S. The first kappa shape index (κ1) is 17.2. The van der Waals surface area contributed by atoms with Crippen LogP contribution < -0.4 is 10.0 Å². The highest BCUT2D eigenvalue weighted by atomic mass is 35.5. The standard InChI is InChI=1S/C11H14Cl2N2O4S/c1-19-5-4-14-11(16)7-15-20(17,18)10-6-8(12)2-3-9(10)13/h2-3,6,15H,4-5,7H2,1H3,(H,14,16). The van der Waals surface area contributed by atoms with E-state index in [9.17, 15) is 13.2 Å². The van der Waals surface area contributed by atoms with E-state index in [4.69, 9.17) is 27.9 Å². The predicted octanol–water partition coefficient (Wildman–Crippen LogP) is 1.03. The maximum Gasteiger partial charge on any atom is 0.242 e. The van der Waals surface area contributed by atoms with Crippen molar-refractivity contribution >= 4 is 39.1 Å². The van der Waals surface area contributed by atoms with Crippen LogP contribution in [0.2, 0.25) is 10.0 Å². The van der Waals surface area contributed by atoms with Gasteiger partial charge in [0.25, 0.3) is 0 Å². The second-order valence-electron chi connectivity index (χ2n) is 3.74. The Hall–Kier alpha value is -0.860. The lowest BCUT2D eigenvalue weighted by molar-refractivity contribution is -0.120. The van der Waals surface area contributed by atoms with Gasteiger partial charge in [-0.3, -0.25) is 4.79 Å². The third kappa shape index (κ3) is 5.26. The van der Waals surface area contributed by atoms with Crippen LogP contribution in [0.5, 0.6) is 0 Å². The minimum atomic E-state index is -3.90. The van der Waals surface area contributed by atoms with Crippen LogP contribution in [0.3, 0.4) is 0 Å². The number of benzene rings is 1. The summed E-state index contributed by atoms with van der Waals surface area (Å²) in [7, 11) is -2.40. The van der Waals surface area contributed by atoms with Crippen molar-refractivity contribution in [2.75, 3.05) is 26.8 Å². The van der Waals surface area contributed by atoms with E-state index in [0.29, 0.717) is 13.2 Å². The van der Waals surface area contributed by atoms with Crippen molar-refractivity contribution in [3.8, 4) is 0 Å². The van der Waals surface area contributed by atoms with E-state index in [1.165, 1.54) is 25.3 Å². The molecule has 0 aliphatic carbocycles. The van der Waals surface area contributed by atoms with Gasteiger partial charge in [0.05, 0.1) is 18.2 Å². The van der Waals surface area contributed by atoms with Crippen LogP contribution >= 0.6 is 23.2 Å². The molecule has 0 fully saturated rings. The van der Waals surface area contributed by atoms with E-state index in [1.54, 1.807) is 0 Å². The number of rotatable bonds is 7. The molecule has 0 atom stereocenters. The summed E-state index contributed by atoms with van der Waals surface area (Å²) in [5.41, 5.74) is 0. The van der Waals surface area contributed by atoms with Gasteiger partial charge in [-0.25, -0.2) is 13.1 Å². The maximum atomic E-state index is 12.0. The third-order valence-electron chi connectivity index (χ3n) is 2.23. The molecule has 0 unspecified atom stereocenters. The van der Waals surface area contributed by atoms with Crippen LogP contribution in [0.1, 0.15) is 0 Å². The van der Waals surface area contributed by atoms with E-state index in [0.717, 1.165) is 0 Å². The van der Waals surface area contributed by atoms with Crippen molar-refractivity contribution in [3.63, 3.8) is 0 Å². The predicted molar refractivity (Wildman–Crippen MR) is 76.5 cm³/mol. The van der Waals surface area contributed by atoms with Crippen molar-refractivity contribution in [3.05, 3.63) is 28.2 Å². The molecule has 0 aliphatic heterocycles. The molecule has 1 rings (SSSR count). The Morgan fingerprint density at radius 1 is 1.35 bits per heavy atom. The summed E-state index contributed by atoms with van der Waals surface area (Å²) in [6.45, 7) is 0.252. The van der Waals surface area contributed by atoms with Gasteiger partial charge in [0.1, 0.15) is 4.90 Å². The fourth-order valence-corrected chi connectivity index (χ4v) is 3.02. The summed E-state index contributed by atoms with van der Waals surface area (Å²) in [4.78, 5) is 11.2. The van der Waals surface area contributed by atoms with Crippen molar-refractivity contribution < 1.29 is 17.9 Å². The molecule has 0 spiro atoms. The van der Waals surface area contributed by atoms with E-state index in [1.807, 2.05) is 0 Å². The first-order chi connectivity index (χ1) is 9.36. The summed E-state index contributed by atoms with van der Waals surface area (Å²) in [6.07, 6.45) is 0. The normalized spacial score (nSPS) is 11.3. The average molecular weight is 341 g/mol. The second kappa shape index (κ2) is 7.80. The molecule has 0 bridgehead atoms. The Balaban J connectivity index is 2.66. The number of sulfonamides is 1. The average Bonchev–Trinajstić information content (AvgIpc) is 2.39. The van der Waals surface area contributed by atoms with Crippen LogP contribution in [0.4, 0.5) is 0 Å². The molecule has 0 aliphatic rings. The van der Waals surface area contributed by atoms with Gasteiger partial charge < -0.3 is 10.1 Å². The highest BCUT2D eigenvalue weighted by Crippen LogP contribution is 2.24. The first-order valence-electron chi connectivity index (χ1n) is 5.57. The number of hydrogen-bond donors (Lipinski definition) is 2. The Morgan fingerprint density at radius 3 is 2.70 bits per heavy atom. The maximum absolute atomic E-state index is 12.0. The quantitative estimate of drug-likeness (QED) is 0.726. The molecule has 0 saturated carbocycles.